The Kier molecular flexibility index (Phi) is 3.94. The van der Waals surface area contributed by atoms with Crippen LogP contribution in [0.1, 0.15) is 46.5 Å². The predicted octanol–water partition coefficient (Wildman–Crippen LogP) is 1.29. The first kappa shape index (κ1) is 13.0. The van der Waals surface area contributed by atoms with Crippen molar-refractivity contribution in [2.45, 2.75) is 52.5 Å². The third-order valence-corrected chi connectivity index (χ3v) is 3.40. The van der Waals surface area contributed by atoms with Gasteiger partial charge < -0.3 is 10.6 Å². The summed E-state index contributed by atoms with van der Waals surface area (Å²) in [5.74, 6) is -0.321. The number of carbonyl (C=O) groups is 2. The lowest BCUT2D eigenvalue weighted by Gasteiger charge is -2.27. The molecule has 0 aromatic rings. The molecule has 92 valence electrons. The van der Waals surface area contributed by atoms with Crippen molar-refractivity contribution in [2.75, 3.05) is 6.54 Å². The Hall–Kier alpha value is -1.06. The van der Waals surface area contributed by atoms with E-state index < -0.39 is 11.9 Å². The molecular weight excluding hydrogens is 204 g/mol. The van der Waals surface area contributed by atoms with Gasteiger partial charge in [0.2, 0.25) is 11.8 Å². The van der Waals surface area contributed by atoms with Crippen LogP contribution in [0.25, 0.3) is 0 Å². The molecule has 1 aliphatic heterocycles. The molecule has 0 aromatic heterocycles. The van der Waals surface area contributed by atoms with Crippen LogP contribution in [0.15, 0.2) is 0 Å². The summed E-state index contributed by atoms with van der Waals surface area (Å²) in [4.78, 5) is 24.8. The molecule has 0 saturated carbocycles. The van der Waals surface area contributed by atoms with E-state index in [1.165, 1.54) is 0 Å². The molecule has 1 rings (SSSR count). The van der Waals surface area contributed by atoms with Crippen molar-refractivity contribution in [3.63, 3.8) is 0 Å². The van der Waals surface area contributed by atoms with E-state index in [-0.39, 0.29) is 11.3 Å². The van der Waals surface area contributed by atoms with Crippen LogP contribution in [0.4, 0.5) is 0 Å². The van der Waals surface area contributed by atoms with Crippen LogP contribution in [-0.4, -0.2) is 29.3 Å². The molecule has 1 saturated heterocycles. The molecule has 4 nitrogen and oxygen atoms in total. The lowest BCUT2D eigenvalue weighted by molar-refractivity contribution is -0.136. The summed E-state index contributed by atoms with van der Waals surface area (Å²) in [5, 5.41) is 0. The molecule has 2 N–H and O–H groups in total. The van der Waals surface area contributed by atoms with Gasteiger partial charge in [0.1, 0.15) is 6.04 Å². The molecule has 0 bridgehead atoms. The van der Waals surface area contributed by atoms with Crippen molar-refractivity contribution in [2.24, 2.45) is 11.1 Å². The maximum atomic E-state index is 11.9. The quantitative estimate of drug-likeness (QED) is 0.767. The van der Waals surface area contributed by atoms with E-state index in [0.29, 0.717) is 19.4 Å². The van der Waals surface area contributed by atoms with Crippen LogP contribution in [-0.2, 0) is 9.59 Å². The molecule has 0 aliphatic carbocycles. The van der Waals surface area contributed by atoms with E-state index >= 15 is 0 Å². The van der Waals surface area contributed by atoms with Crippen LogP contribution in [0.3, 0.4) is 0 Å². The number of nitrogens with two attached hydrogens (primary N) is 1. The fourth-order valence-corrected chi connectivity index (χ4v) is 2.65. The van der Waals surface area contributed by atoms with Crippen LogP contribution in [0, 0.1) is 5.41 Å². The molecular formula is C12H22N2O2. The summed E-state index contributed by atoms with van der Waals surface area (Å²) < 4.78 is 0. The van der Waals surface area contributed by atoms with Gasteiger partial charge in [-0.3, -0.25) is 9.59 Å². The summed E-state index contributed by atoms with van der Waals surface area (Å²) in [5.41, 5.74) is 5.34. The van der Waals surface area contributed by atoms with Crippen molar-refractivity contribution in [1.29, 1.82) is 0 Å². The maximum absolute atomic E-state index is 11.9. The maximum Gasteiger partial charge on any atom is 0.240 e. The van der Waals surface area contributed by atoms with Gasteiger partial charge in [-0.15, -0.1) is 0 Å². The van der Waals surface area contributed by atoms with Crippen LogP contribution in [0.2, 0.25) is 0 Å². The molecule has 16 heavy (non-hydrogen) atoms. The second-order valence-corrected chi connectivity index (χ2v) is 5.09. The molecule has 1 heterocycles. The zero-order valence-electron chi connectivity index (χ0n) is 10.5. The fourth-order valence-electron chi connectivity index (χ4n) is 2.65. The zero-order valence-corrected chi connectivity index (χ0v) is 10.5. The highest BCUT2D eigenvalue weighted by Gasteiger charge is 2.42. The first-order chi connectivity index (χ1) is 7.43. The number of carbonyl (C=O) groups excluding carboxylic acids is 2. The third-order valence-electron chi connectivity index (χ3n) is 3.40. The summed E-state index contributed by atoms with van der Waals surface area (Å²) in [6, 6.07) is -0.425. The number of likely N-dealkylation sites (tertiary alicyclic amines) is 1. The Morgan fingerprint density at radius 2 is 2.19 bits per heavy atom. The summed E-state index contributed by atoms with van der Waals surface area (Å²) >= 11 is 0. The minimum atomic E-state index is -0.425. The minimum absolute atomic E-state index is 0.0225. The highest BCUT2D eigenvalue weighted by molar-refractivity contribution is 5.88. The lowest BCUT2D eigenvalue weighted by atomic mass is 9.85. The van der Waals surface area contributed by atoms with Crippen molar-refractivity contribution in [3.8, 4) is 0 Å². The number of amides is 2. The number of primary amides is 1. The van der Waals surface area contributed by atoms with Crippen molar-refractivity contribution < 1.29 is 9.59 Å². The van der Waals surface area contributed by atoms with Crippen molar-refractivity contribution >= 4 is 11.8 Å². The largest absolute Gasteiger partial charge is 0.368 e. The molecule has 1 aliphatic rings. The number of rotatable bonds is 5. The van der Waals surface area contributed by atoms with Crippen molar-refractivity contribution in [1.82, 2.24) is 4.90 Å². The van der Waals surface area contributed by atoms with Crippen LogP contribution >= 0.6 is 0 Å². The summed E-state index contributed by atoms with van der Waals surface area (Å²) in [7, 11) is 0. The average molecular weight is 226 g/mol. The lowest BCUT2D eigenvalue weighted by Crippen LogP contribution is -2.45. The van der Waals surface area contributed by atoms with E-state index in [1.807, 2.05) is 6.92 Å². The minimum Gasteiger partial charge on any atom is -0.368 e. The van der Waals surface area contributed by atoms with Gasteiger partial charge in [0.25, 0.3) is 0 Å². The van der Waals surface area contributed by atoms with Gasteiger partial charge in [-0.1, -0.05) is 27.2 Å². The van der Waals surface area contributed by atoms with Gasteiger partial charge in [-0.25, -0.2) is 0 Å². The summed E-state index contributed by atoms with van der Waals surface area (Å²) in [6.45, 7) is 6.78. The van der Waals surface area contributed by atoms with Gasteiger partial charge in [0, 0.05) is 13.0 Å². The molecule has 0 radical (unpaired) electrons. The van der Waals surface area contributed by atoms with E-state index in [0.717, 1.165) is 12.8 Å². The summed E-state index contributed by atoms with van der Waals surface area (Å²) in [6.07, 6.45) is 3.23. The van der Waals surface area contributed by atoms with Gasteiger partial charge >= 0.3 is 0 Å². The van der Waals surface area contributed by atoms with Gasteiger partial charge in [-0.2, -0.15) is 0 Å². The smallest absolute Gasteiger partial charge is 0.240 e. The number of nitrogens with zero attached hydrogens (tertiary/aromatic N) is 1. The van der Waals surface area contributed by atoms with Gasteiger partial charge in [0.15, 0.2) is 0 Å². The molecule has 0 aromatic carbocycles. The van der Waals surface area contributed by atoms with Crippen LogP contribution in [0.5, 0.6) is 0 Å². The standard InChI is InChI=1S/C12H22N2O2/c1-4-6-12(3)7-10(15)14(8-12)9(5-2)11(13)16/h9H,4-8H2,1-3H3,(H2,13,16). The average Bonchev–Trinajstić information content (AvgIpc) is 2.43. The van der Waals surface area contributed by atoms with Gasteiger partial charge in [0.05, 0.1) is 0 Å². The van der Waals surface area contributed by atoms with E-state index in [2.05, 4.69) is 13.8 Å². The molecule has 2 atom stereocenters. The monoisotopic (exact) mass is 226 g/mol. The Morgan fingerprint density at radius 3 is 2.62 bits per heavy atom. The van der Waals surface area contributed by atoms with Crippen molar-refractivity contribution in [3.05, 3.63) is 0 Å². The zero-order chi connectivity index (χ0) is 12.3. The molecule has 0 spiro atoms. The van der Waals surface area contributed by atoms with E-state index in [4.69, 9.17) is 5.73 Å². The highest BCUT2D eigenvalue weighted by Crippen LogP contribution is 2.36. The predicted molar refractivity (Wildman–Crippen MR) is 62.6 cm³/mol. The normalized spacial score (nSPS) is 27.2. The topological polar surface area (TPSA) is 63.4 Å². The third kappa shape index (κ3) is 2.54. The molecule has 2 amide bonds. The first-order valence-corrected chi connectivity index (χ1v) is 6.02. The Morgan fingerprint density at radius 1 is 1.56 bits per heavy atom. The SMILES string of the molecule is CCCC1(C)CC(=O)N(C(CC)C(N)=O)C1. The fraction of sp³-hybridized carbons (Fsp3) is 0.833. The Balaban J connectivity index is 2.77. The first-order valence-electron chi connectivity index (χ1n) is 6.02. The second kappa shape index (κ2) is 4.85. The highest BCUT2D eigenvalue weighted by atomic mass is 16.2. The number of hydrogen-bond donors (Lipinski definition) is 1. The molecule has 4 heteroatoms. The number of hydrogen-bond acceptors (Lipinski definition) is 2. The van der Waals surface area contributed by atoms with Crippen LogP contribution < -0.4 is 5.73 Å². The van der Waals surface area contributed by atoms with Gasteiger partial charge in [-0.05, 0) is 18.3 Å². The molecule has 1 fully saturated rings. The Bertz CT molecular complexity index is 291. The second-order valence-electron chi connectivity index (χ2n) is 5.09. The van der Waals surface area contributed by atoms with E-state index in [9.17, 15) is 9.59 Å². The van der Waals surface area contributed by atoms with E-state index in [1.54, 1.807) is 4.90 Å². The Labute approximate surface area is 97.2 Å². The molecule has 2 unspecified atom stereocenters.